The van der Waals surface area contributed by atoms with Crippen LogP contribution in [0.5, 0.6) is 0 Å². The van der Waals surface area contributed by atoms with Crippen LogP contribution in [0.25, 0.3) is 0 Å². The predicted molar refractivity (Wildman–Crippen MR) is 65.7 cm³/mol. The van der Waals surface area contributed by atoms with Gasteiger partial charge in [0.25, 0.3) is 0 Å². The fourth-order valence-electron chi connectivity index (χ4n) is 2.75. The Hall–Kier alpha value is 0.400. The Morgan fingerprint density at radius 1 is 1.06 bits per heavy atom. The quantitative estimate of drug-likeness (QED) is 0.779. The fraction of sp³-hybridized carbons (Fsp3) is 1.00. The second kappa shape index (κ2) is 5.36. The molecule has 0 aromatic rings. The van der Waals surface area contributed by atoms with Gasteiger partial charge in [0.2, 0.25) is 0 Å². The summed E-state index contributed by atoms with van der Waals surface area (Å²) in [6.07, 6.45) is 5.89. The van der Waals surface area contributed by atoms with Gasteiger partial charge in [-0.25, -0.2) is 4.67 Å². The molecule has 16 heavy (non-hydrogen) atoms. The first-order chi connectivity index (χ1) is 7.57. The van der Waals surface area contributed by atoms with Crippen molar-refractivity contribution in [1.82, 2.24) is 9.57 Å². The van der Waals surface area contributed by atoms with Gasteiger partial charge in [-0.1, -0.05) is 6.42 Å². The van der Waals surface area contributed by atoms with E-state index in [-0.39, 0.29) is 0 Å². The van der Waals surface area contributed by atoms with Crippen molar-refractivity contribution in [3.63, 3.8) is 0 Å². The van der Waals surface area contributed by atoms with Gasteiger partial charge in [0.15, 0.2) is 0 Å². The number of piperidine rings is 2. The Balaban J connectivity index is 1.82. The predicted octanol–water partition coefficient (Wildman–Crippen LogP) is 2.28. The summed E-state index contributed by atoms with van der Waals surface area (Å²) in [5, 5.41) is 0. The molecule has 2 fully saturated rings. The molecule has 0 aromatic heterocycles. The van der Waals surface area contributed by atoms with E-state index in [4.69, 9.17) is 11.2 Å². The molecule has 2 aliphatic rings. The average Bonchev–Trinajstić information content (AvgIpc) is 2.29. The maximum atomic E-state index is 11.3. The molecule has 6 heteroatoms. The molecule has 1 atom stereocenters. The molecule has 2 saturated heterocycles. The summed E-state index contributed by atoms with van der Waals surface area (Å²) in [6, 6.07) is 0.597. The number of halogens is 1. The Labute approximate surface area is 102 Å². The summed E-state index contributed by atoms with van der Waals surface area (Å²) in [4.78, 5) is 11.8. The topological polar surface area (TPSA) is 43.8 Å². The fourth-order valence-corrected chi connectivity index (χ4v) is 3.93. The van der Waals surface area contributed by atoms with E-state index < -0.39 is 6.87 Å². The van der Waals surface area contributed by atoms with Crippen LogP contribution < -0.4 is 0 Å². The molecule has 0 amide bonds. The molecular formula is C10H20ClN2O2P. The molecule has 0 saturated carbocycles. The van der Waals surface area contributed by atoms with Crippen molar-refractivity contribution >= 4 is 18.1 Å². The van der Waals surface area contributed by atoms with Crippen molar-refractivity contribution in [3.05, 3.63) is 0 Å². The first-order valence-corrected chi connectivity index (χ1v) is 8.61. The highest BCUT2D eigenvalue weighted by Gasteiger charge is 2.32. The van der Waals surface area contributed by atoms with Gasteiger partial charge in [-0.2, -0.15) is 0 Å². The normalized spacial score (nSPS) is 30.1. The number of hydrogen-bond donors (Lipinski definition) is 1. The van der Waals surface area contributed by atoms with Crippen molar-refractivity contribution in [2.75, 3.05) is 26.2 Å². The van der Waals surface area contributed by atoms with Crippen LogP contribution in [0.4, 0.5) is 0 Å². The Morgan fingerprint density at radius 2 is 1.62 bits per heavy atom. The van der Waals surface area contributed by atoms with Crippen molar-refractivity contribution in [2.24, 2.45) is 0 Å². The van der Waals surface area contributed by atoms with E-state index in [0.29, 0.717) is 19.1 Å². The molecule has 2 aliphatic heterocycles. The molecule has 0 aromatic carbocycles. The molecule has 0 radical (unpaired) electrons. The minimum atomic E-state index is -3.52. The molecule has 2 rings (SSSR count). The number of nitrogens with zero attached hydrogens (tertiary/aromatic N) is 2. The van der Waals surface area contributed by atoms with E-state index in [2.05, 4.69) is 4.90 Å². The lowest BCUT2D eigenvalue weighted by atomic mass is 10.0. The first kappa shape index (κ1) is 12.8. The van der Waals surface area contributed by atoms with E-state index in [0.717, 1.165) is 12.8 Å². The zero-order valence-electron chi connectivity index (χ0n) is 9.52. The number of likely N-dealkylation sites (tertiary alicyclic amines) is 1. The van der Waals surface area contributed by atoms with Gasteiger partial charge in [-0.05, 0) is 50.0 Å². The maximum absolute atomic E-state index is 11.3. The van der Waals surface area contributed by atoms with Gasteiger partial charge in [0.05, 0.1) is 0 Å². The molecular weight excluding hydrogens is 247 g/mol. The summed E-state index contributed by atoms with van der Waals surface area (Å²) in [5.41, 5.74) is 0. The monoisotopic (exact) mass is 266 g/mol. The summed E-state index contributed by atoms with van der Waals surface area (Å²) < 4.78 is 12.8. The Bertz CT molecular complexity index is 270. The molecule has 2 heterocycles. The zero-order valence-corrected chi connectivity index (χ0v) is 11.2. The van der Waals surface area contributed by atoms with Crippen LogP contribution in [0.2, 0.25) is 0 Å². The maximum Gasteiger partial charge on any atom is 0.360 e. The van der Waals surface area contributed by atoms with Crippen molar-refractivity contribution in [1.29, 1.82) is 0 Å². The van der Waals surface area contributed by atoms with Crippen molar-refractivity contribution in [2.45, 2.75) is 38.1 Å². The molecule has 4 nitrogen and oxygen atoms in total. The van der Waals surface area contributed by atoms with Crippen LogP contribution in [0.3, 0.4) is 0 Å². The van der Waals surface area contributed by atoms with Crippen LogP contribution in [0.15, 0.2) is 0 Å². The summed E-state index contributed by atoms with van der Waals surface area (Å²) >= 11 is 5.47. The average molecular weight is 267 g/mol. The second-order valence-electron chi connectivity index (χ2n) is 4.75. The van der Waals surface area contributed by atoms with Gasteiger partial charge in [-0.3, -0.25) is 4.57 Å². The smallest absolute Gasteiger partial charge is 0.322 e. The first-order valence-electron chi connectivity index (χ1n) is 6.09. The highest BCUT2D eigenvalue weighted by molar-refractivity contribution is 7.82. The van der Waals surface area contributed by atoms with E-state index in [9.17, 15) is 9.46 Å². The number of hydrogen-bond acceptors (Lipinski definition) is 2. The van der Waals surface area contributed by atoms with Crippen LogP contribution in [-0.2, 0) is 4.57 Å². The van der Waals surface area contributed by atoms with Gasteiger partial charge >= 0.3 is 6.87 Å². The lowest BCUT2D eigenvalue weighted by molar-refractivity contribution is 0.115. The lowest BCUT2D eigenvalue weighted by Crippen LogP contribution is -2.45. The zero-order chi connectivity index (χ0) is 11.6. The van der Waals surface area contributed by atoms with Gasteiger partial charge in [0, 0.05) is 19.1 Å². The van der Waals surface area contributed by atoms with Gasteiger partial charge < -0.3 is 9.79 Å². The highest BCUT2D eigenvalue weighted by atomic mass is 35.7. The van der Waals surface area contributed by atoms with E-state index in [1.54, 1.807) is 0 Å². The molecule has 94 valence electrons. The molecule has 1 unspecified atom stereocenters. The summed E-state index contributed by atoms with van der Waals surface area (Å²) in [6.45, 7) is 0.175. The van der Waals surface area contributed by atoms with Gasteiger partial charge in [-0.15, -0.1) is 0 Å². The van der Waals surface area contributed by atoms with Gasteiger partial charge in [0.1, 0.15) is 0 Å². The van der Waals surface area contributed by atoms with E-state index in [1.807, 2.05) is 0 Å². The van der Waals surface area contributed by atoms with E-state index >= 15 is 0 Å². The largest absolute Gasteiger partial charge is 0.360 e. The molecule has 0 bridgehead atoms. The van der Waals surface area contributed by atoms with Crippen LogP contribution >= 0.6 is 18.1 Å². The summed E-state index contributed by atoms with van der Waals surface area (Å²) in [7, 11) is 0. The SMILES string of the molecule is O=P(O)(Cl)N1CCC(N2CCCCC2)CC1. The Morgan fingerprint density at radius 3 is 2.12 bits per heavy atom. The van der Waals surface area contributed by atoms with E-state index in [1.165, 1.54) is 37.0 Å². The third-order valence-electron chi connectivity index (χ3n) is 3.70. The standard InChI is InChI=1S/C10H20ClN2O2P/c11-16(14,15)13-8-4-10(5-9-13)12-6-2-1-3-7-12/h10H,1-9H2,(H,14,15). The summed E-state index contributed by atoms with van der Waals surface area (Å²) in [5.74, 6) is 0. The Kier molecular flexibility index (Phi) is 4.31. The third-order valence-corrected chi connectivity index (χ3v) is 5.44. The number of rotatable bonds is 2. The van der Waals surface area contributed by atoms with Crippen molar-refractivity contribution in [3.8, 4) is 0 Å². The highest BCUT2D eigenvalue weighted by Crippen LogP contribution is 2.51. The minimum Gasteiger partial charge on any atom is -0.322 e. The lowest BCUT2D eigenvalue weighted by Gasteiger charge is -2.40. The van der Waals surface area contributed by atoms with Crippen LogP contribution in [0, 0.1) is 0 Å². The molecule has 0 spiro atoms. The minimum absolute atomic E-state index is 0.597. The van der Waals surface area contributed by atoms with Crippen molar-refractivity contribution < 1.29 is 9.46 Å². The molecule has 0 aliphatic carbocycles. The third kappa shape index (κ3) is 3.21. The second-order valence-corrected chi connectivity index (χ2v) is 7.59. The molecule has 1 N–H and O–H groups in total. The van der Waals surface area contributed by atoms with Crippen LogP contribution in [-0.4, -0.2) is 46.7 Å². The van der Waals surface area contributed by atoms with Crippen LogP contribution in [0.1, 0.15) is 32.1 Å².